The number of fused-ring (bicyclic) bond motifs is 2. The summed E-state index contributed by atoms with van der Waals surface area (Å²) in [5, 5.41) is -2.51. The number of carbonyl (C=O) groups excluding carboxylic acids is 2. The van der Waals surface area contributed by atoms with Crippen LogP contribution in [0.3, 0.4) is 0 Å². The zero-order valence-corrected chi connectivity index (χ0v) is 52.2. The molecular weight excluding hydrogens is 1280 g/mol. The lowest BCUT2D eigenvalue weighted by Gasteiger charge is -2.33. The van der Waals surface area contributed by atoms with Crippen molar-refractivity contribution in [3.63, 3.8) is 0 Å². The van der Waals surface area contributed by atoms with E-state index in [-0.39, 0.29) is 74.3 Å². The van der Waals surface area contributed by atoms with Crippen molar-refractivity contribution in [2.75, 3.05) is 52.0 Å². The van der Waals surface area contributed by atoms with Crippen LogP contribution in [0.5, 0.6) is 0 Å². The number of benzene rings is 6. The molecule has 22 heteroatoms. The number of aromatic nitrogens is 4. The van der Waals surface area contributed by atoms with Gasteiger partial charge < -0.3 is 28.7 Å². The number of rotatable bonds is 26. The van der Waals surface area contributed by atoms with Crippen LogP contribution >= 0.6 is 23.5 Å². The minimum Gasteiger partial charge on any atom is -0.336 e. The van der Waals surface area contributed by atoms with Gasteiger partial charge in [-0.15, -0.1) is 0 Å². The monoisotopic (exact) mass is 1400 g/mol. The fraction of sp³-hybridized carbons (Fsp3) is 0.378. The fourth-order valence-corrected chi connectivity index (χ4v) is 9.87. The van der Waals surface area contributed by atoms with Crippen LogP contribution in [0.25, 0.3) is 22.3 Å². The Bertz CT molecular complexity index is 6270. The maximum absolute atomic E-state index is 15.7. The van der Waals surface area contributed by atoms with Crippen molar-refractivity contribution in [2.24, 2.45) is 5.89 Å². The second-order valence-corrected chi connectivity index (χ2v) is 21.0. The lowest BCUT2D eigenvalue weighted by atomic mass is 9.99. The average molecular weight is 1410 g/mol. The fourth-order valence-electron chi connectivity index (χ4n) is 8.50. The van der Waals surface area contributed by atoms with Gasteiger partial charge in [-0.1, -0.05) is 155 Å². The molecule has 2 heterocycles. The summed E-state index contributed by atoms with van der Waals surface area (Å²) in [5.41, 5.74) is -22.2. The van der Waals surface area contributed by atoms with E-state index in [4.69, 9.17) is 45.2 Å². The highest BCUT2D eigenvalue weighted by Crippen LogP contribution is 2.35. The largest absolute Gasteiger partial charge is 0.416 e. The molecule has 0 saturated heterocycles. The molecule has 2 aromatic heterocycles. The Labute approximate surface area is 625 Å². The first kappa shape index (κ1) is 34.0. The molecule has 96 heavy (non-hydrogen) atoms. The molecule has 0 saturated carbocycles. The molecule has 508 valence electrons. The molecule has 2 unspecified atom stereocenters. The van der Waals surface area contributed by atoms with Crippen molar-refractivity contribution in [3.05, 3.63) is 234 Å². The smallest absolute Gasteiger partial charge is 0.336 e. The van der Waals surface area contributed by atoms with Gasteiger partial charge >= 0.3 is 12.4 Å². The Morgan fingerprint density at radius 1 is 0.594 bits per heavy atom. The normalized spacial score (nSPS) is 24.7. The number of alkyl halides is 6. The quantitative estimate of drug-likeness (QED) is 0.0295. The maximum atomic E-state index is 15.7. The minimum atomic E-state index is -5.58. The van der Waals surface area contributed by atoms with E-state index in [1.54, 1.807) is 0 Å². The van der Waals surface area contributed by atoms with Crippen molar-refractivity contribution in [2.45, 2.75) is 133 Å². The van der Waals surface area contributed by atoms with Gasteiger partial charge in [0.2, 0.25) is 11.8 Å². The molecule has 0 radical (unpaired) electrons. The first-order chi connectivity index (χ1) is 62.6. The van der Waals surface area contributed by atoms with Crippen molar-refractivity contribution in [1.82, 2.24) is 38.7 Å². The van der Waals surface area contributed by atoms with Crippen LogP contribution in [0, 0.1) is 17.5 Å². The number of halogens is 8. The van der Waals surface area contributed by atoms with Gasteiger partial charge in [-0.3, -0.25) is 19.2 Å². The van der Waals surface area contributed by atoms with Crippen molar-refractivity contribution in [3.8, 4) is 22.3 Å². The molecule has 2 atom stereocenters. The van der Waals surface area contributed by atoms with E-state index in [1.165, 1.54) is 24.3 Å². The van der Waals surface area contributed by atoms with Crippen LogP contribution in [0.15, 0.2) is 165 Å². The van der Waals surface area contributed by atoms with Crippen molar-refractivity contribution < 1.29 is 105 Å². The second-order valence-electron chi connectivity index (χ2n) is 19.4. The predicted octanol–water partition coefficient (Wildman–Crippen LogP) is 15.2. The van der Waals surface area contributed by atoms with Crippen LogP contribution in [0.4, 0.5) is 35.1 Å². The third kappa shape index (κ3) is 18.8. The van der Waals surface area contributed by atoms with Crippen molar-refractivity contribution >= 4 is 35.3 Å². The molecule has 0 aliphatic heterocycles. The number of likely N-dealkylation sites (N-methyl/N-ethyl adjacent to an activating group) is 2. The van der Waals surface area contributed by atoms with Crippen LogP contribution in [0.1, 0.15) is 170 Å². The van der Waals surface area contributed by atoms with Gasteiger partial charge in [-0.25, -0.2) is 8.78 Å². The number of hydrogen-bond donors (Lipinski definition) is 0. The van der Waals surface area contributed by atoms with Gasteiger partial charge in [0, 0.05) is 95.2 Å². The van der Waals surface area contributed by atoms with Crippen LogP contribution < -0.4 is 11.1 Å². The molecule has 2 aliphatic carbocycles. The molecule has 10 rings (SSSR count). The highest BCUT2D eigenvalue weighted by atomic mass is 32.2. The Balaban J connectivity index is 0.000000323. The summed E-state index contributed by atoms with van der Waals surface area (Å²) in [6, 6.07) is -10.2. The number of thioether (sulfide) groups is 2. The van der Waals surface area contributed by atoms with Crippen LogP contribution in [0.2, 0.25) is 0 Å². The molecule has 0 spiro atoms. The Morgan fingerprint density at radius 2 is 1.09 bits per heavy atom. The van der Waals surface area contributed by atoms with Gasteiger partial charge in [-0.05, 0) is 164 Å². The zero-order chi connectivity index (χ0) is 108. The van der Waals surface area contributed by atoms with Gasteiger partial charge in [0.15, 0.2) is 10.3 Å². The van der Waals surface area contributed by atoms with Crippen LogP contribution in [-0.2, 0) is 78.4 Å². The van der Waals surface area contributed by atoms with E-state index in [9.17, 15) is 59.8 Å². The topological polar surface area (TPSA) is 117 Å². The van der Waals surface area contributed by atoms with E-state index in [1.807, 2.05) is 0 Å². The lowest BCUT2D eigenvalue weighted by molar-refractivity contribution is -0.138. The predicted molar refractivity (Wildman–Crippen MR) is 362 cm³/mol. The summed E-state index contributed by atoms with van der Waals surface area (Å²) in [5.74, 6) is -11.0. The van der Waals surface area contributed by atoms with E-state index >= 15 is 9.59 Å². The van der Waals surface area contributed by atoms with Crippen LogP contribution in [-0.4, -0.2) is 102 Å². The SMILES string of the molecule is [2H]C([2H])(Sc1nc(=O)c2c(n1C([2H])([2H])C(=O)N(C([2H])(C)c1ccc(-c3ccc(C(F)(F)F)cc3)cc1)C([2H])([2H])C([2H])([2H])N(C([2H])([2H])C)C([2H])([2H])C)CCC2)c1ccc(F)cc1.[2H]c1c([2H])c(C([2H])([2H])Sc2nc(=O)c3c(n2C([2H])([2H])C(=O)N(C([2H])([2H])c2c([2H])c([2H])c(-c4c([2H])c([2H])c(C(F)(F)F)c([2H])c4[2H])c([2H])c2[2H])C([2H])([2H])C([2H])([2H])N(C([2H])([2H])C)C([2H])([2H])C)C([2H])([2H])C([2H])(C)C3([2H])[2H])c([2H])c([2H])c1F. The molecule has 8 aromatic rings. The van der Waals surface area contributed by atoms with Gasteiger partial charge in [-0.2, -0.15) is 36.3 Å². The van der Waals surface area contributed by atoms with Gasteiger partial charge in [0.25, 0.3) is 11.1 Å². The van der Waals surface area contributed by atoms with E-state index < -0.39 is 308 Å². The molecule has 2 aliphatic rings. The number of amides is 2. The number of hydrogen-bond acceptors (Lipinski definition) is 10. The first-order valence-corrected chi connectivity index (χ1v) is 29.4. The average Bonchev–Trinajstić information content (AvgIpc) is 1.49. The highest BCUT2D eigenvalue weighted by Gasteiger charge is 2.33. The summed E-state index contributed by atoms with van der Waals surface area (Å²) in [6.07, 6.45) is -17.5. The Morgan fingerprint density at radius 3 is 1.66 bits per heavy atom. The third-order valence-electron chi connectivity index (χ3n) is 13.2. The first-order valence-electron chi connectivity index (χ1n) is 49.7. The lowest BCUT2D eigenvalue weighted by Crippen LogP contribution is -2.42. The van der Waals surface area contributed by atoms with Gasteiger partial charge in [0.1, 0.15) is 24.6 Å². The van der Waals surface area contributed by atoms with E-state index in [0.717, 1.165) is 69.3 Å². The zero-order valence-electron chi connectivity index (χ0n) is 94.6. The minimum absolute atomic E-state index is 0.0507. The summed E-state index contributed by atoms with van der Waals surface area (Å²) in [4.78, 5) is 63.2. The Hall–Kier alpha value is -7.92. The van der Waals surface area contributed by atoms with Gasteiger partial charge in [0.05, 0.1) is 48.7 Å². The number of carbonyl (C=O) groups is 2. The summed E-state index contributed by atoms with van der Waals surface area (Å²) in [7, 11) is 0. The third-order valence-corrected chi connectivity index (χ3v) is 14.7. The number of nitrogens with zero attached hydrogens (tertiary/aromatic N) is 8. The summed E-state index contributed by atoms with van der Waals surface area (Å²) >= 11 is -0.580. The summed E-state index contributed by atoms with van der Waals surface area (Å²) in [6.45, 7) is -40.5. The molecule has 0 N–H and O–H groups in total. The second kappa shape index (κ2) is 32.9. The maximum Gasteiger partial charge on any atom is 0.416 e. The standard InChI is InChI=1S/2C37H40F4N4O2S/c1-4-43(5-2)18-19-44(22-26-6-10-28(11-7-26)29-12-14-30(15-13-29)37(39,40)41)34(46)23-45-33-21-25(3)20-32(33)35(47)42-36(45)48-24-27-8-16-31(38)17-9-27;1-4-43(5-2)21-22-44(25(3)27-11-13-28(14-12-27)29-15-17-30(18-16-29)37(39,40)41)34(46)23-45-33-8-6-7-32(33)35(47)42-36(45)48-24-26-9-19-31(38)20-10-26/h6-17,25H,4-5,18-24H2,1-3H3;9-20,25H,4-8,21-24H2,1-3H3/i4D2,5D2,6D,7D,8D,9D,10D,11D,12D,13D,14D,15D,16D,17D,18D2,19D2,20D2,21D2,22D2,23D2,24D2,25D;4D2,5D2,21D2,22D2,23D2,24D2,25D. The summed E-state index contributed by atoms with van der Waals surface area (Å²) < 4.78 is 496. The molecule has 0 fully saturated rings. The van der Waals surface area contributed by atoms with E-state index in [2.05, 4.69) is 9.97 Å². The van der Waals surface area contributed by atoms with Crippen molar-refractivity contribution in [1.29, 1.82) is 0 Å². The molecule has 0 bridgehead atoms. The molecular formula is C74H80F8N8O4S2. The molecule has 12 nitrogen and oxygen atoms in total. The molecule has 2 amide bonds. The Kier molecular flexibility index (Phi) is 11.7. The molecule has 6 aromatic carbocycles. The van der Waals surface area contributed by atoms with E-state index in [0.29, 0.717) is 25.3 Å². The highest BCUT2D eigenvalue weighted by molar-refractivity contribution is 7.98.